The molecule has 0 aromatic heterocycles. The van der Waals surface area contributed by atoms with Crippen LogP contribution in [-0.2, 0) is 20.9 Å². The summed E-state index contributed by atoms with van der Waals surface area (Å²) in [4.78, 5) is 25.3. The third-order valence-corrected chi connectivity index (χ3v) is 4.53. The topological polar surface area (TPSA) is 55.8 Å². The first-order valence-corrected chi connectivity index (χ1v) is 8.30. The van der Waals surface area contributed by atoms with Gasteiger partial charge in [-0.05, 0) is 30.3 Å². The Morgan fingerprint density at radius 2 is 1.92 bits per heavy atom. The first-order valence-electron chi connectivity index (χ1n) is 7.93. The number of carbonyl (C=O) groups excluding carboxylic acids is 2. The highest BCUT2D eigenvalue weighted by Gasteiger charge is 2.35. The van der Waals surface area contributed by atoms with Gasteiger partial charge in [-0.25, -0.2) is 0 Å². The molecule has 0 radical (unpaired) electrons. The molecule has 0 saturated carbocycles. The molecule has 1 fully saturated rings. The number of amides is 1. The number of halogens is 1. The van der Waals surface area contributed by atoms with E-state index < -0.39 is 5.92 Å². The summed E-state index contributed by atoms with van der Waals surface area (Å²) in [6.45, 7) is 0.706. The monoisotopic (exact) mass is 359 g/mol. The van der Waals surface area contributed by atoms with E-state index in [1.807, 2.05) is 24.3 Å². The molecule has 5 nitrogen and oxygen atoms in total. The van der Waals surface area contributed by atoms with Crippen LogP contribution in [0.5, 0.6) is 5.75 Å². The number of methoxy groups -OCH3 is 1. The summed E-state index contributed by atoms with van der Waals surface area (Å²) in [5.74, 6) is -0.163. The van der Waals surface area contributed by atoms with Crippen LogP contribution in [0.25, 0.3) is 0 Å². The lowest BCUT2D eigenvalue weighted by Crippen LogP contribution is -2.26. The van der Waals surface area contributed by atoms with E-state index in [0.29, 0.717) is 23.9 Å². The molecule has 1 amide bonds. The van der Waals surface area contributed by atoms with Crippen LogP contribution in [0.3, 0.4) is 0 Å². The van der Waals surface area contributed by atoms with Crippen LogP contribution in [-0.4, -0.2) is 25.5 Å². The van der Waals surface area contributed by atoms with Gasteiger partial charge in [0.15, 0.2) is 0 Å². The Bertz CT molecular complexity index is 775. The Labute approximate surface area is 151 Å². The first-order chi connectivity index (χ1) is 12.1. The predicted molar refractivity (Wildman–Crippen MR) is 94.7 cm³/mol. The van der Waals surface area contributed by atoms with Crippen molar-refractivity contribution < 1.29 is 19.1 Å². The zero-order valence-electron chi connectivity index (χ0n) is 13.8. The maximum atomic E-state index is 12.1. The van der Waals surface area contributed by atoms with Crippen molar-refractivity contribution in [2.24, 2.45) is 5.92 Å². The Hall–Kier alpha value is -2.53. The van der Waals surface area contributed by atoms with Crippen molar-refractivity contribution in [2.45, 2.75) is 13.0 Å². The molecule has 0 bridgehead atoms. The van der Waals surface area contributed by atoms with Crippen LogP contribution >= 0.6 is 11.6 Å². The second kappa shape index (κ2) is 7.57. The average molecular weight is 360 g/mol. The maximum Gasteiger partial charge on any atom is 0.311 e. The minimum atomic E-state index is -0.409. The molecular formula is C19H18ClNO4. The zero-order valence-corrected chi connectivity index (χ0v) is 14.5. The van der Waals surface area contributed by atoms with Crippen molar-refractivity contribution in [3.63, 3.8) is 0 Å². The highest BCUT2D eigenvalue weighted by Crippen LogP contribution is 2.28. The van der Waals surface area contributed by atoms with Crippen molar-refractivity contribution in [2.75, 3.05) is 18.6 Å². The molecule has 2 aromatic rings. The van der Waals surface area contributed by atoms with Crippen LogP contribution < -0.4 is 9.64 Å². The second-order valence-electron chi connectivity index (χ2n) is 5.80. The molecule has 130 valence electrons. The van der Waals surface area contributed by atoms with Crippen LogP contribution in [0, 0.1) is 5.92 Å². The first kappa shape index (κ1) is 17.3. The van der Waals surface area contributed by atoms with E-state index in [1.54, 1.807) is 29.2 Å². The molecule has 1 aliphatic heterocycles. The van der Waals surface area contributed by atoms with Crippen LogP contribution in [0.1, 0.15) is 12.0 Å². The van der Waals surface area contributed by atoms with Crippen molar-refractivity contribution in [3.05, 3.63) is 59.1 Å². The van der Waals surface area contributed by atoms with Gasteiger partial charge in [0.25, 0.3) is 0 Å². The Morgan fingerprint density at radius 3 is 2.60 bits per heavy atom. The molecule has 2 aromatic carbocycles. The van der Waals surface area contributed by atoms with E-state index in [-0.39, 0.29) is 18.3 Å². The van der Waals surface area contributed by atoms with Crippen LogP contribution in [0.2, 0.25) is 5.02 Å². The summed E-state index contributed by atoms with van der Waals surface area (Å²) in [6.07, 6.45) is 0.178. The summed E-state index contributed by atoms with van der Waals surface area (Å²) in [5.41, 5.74) is 1.64. The molecule has 0 spiro atoms. The van der Waals surface area contributed by atoms with Gasteiger partial charge in [0.1, 0.15) is 12.4 Å². The molecule has 0 N–H and O–H groups in total. The van der Waals surface area contributed by atoms with Crippen molar-refractivity contribution >= 4 is 29.2 Å². The molecule has 25 heavy (non-hydrogen) atoms. The summed E-state index contributed by atoms with van der Waals surface area (Å²) < 4.78 is 10.5. The third kappa shape index (κ3) is 3.94. The standard InChI is InChI=1S/C19H18ClNO4/c1-24-19(23)14-10-18(22)21(11-14)15-6-8-16(9-7-15)25-12-13-4-2-3-5-17(13)20/h2-9,14H,10-12H2,1H3/t14-/m1/s1. The van der Waals surface area contributed by atoms with Gasteiger partial charge in [0.2, 0.25) is 5.91 Å². The van der Waals surface area contributed by atoms with Crippen molar-refractivity contribution in [3.8, 4) is 5.75 Å². The number of ether oxygens (including phenoxy) is 2. The lowest BCUT2D eigenvalue weighted by Gasteiger charge is -2.17. The van der Waals surface area contributed by atoms with Crippen LogP contribution in [0.4, 0.5) is 5.69 Å². The Balaban J connectivity index is 1.63. The van der Waals surface area contributed by atoms with Crippen LogP contribution in [0.15, 0.2) is 48.5 Å². The Morgan fingerprint density at radius 1 is 1.20 bits per heavy atom. The molecular weight excluding hydrogens is 342 g/mol. The van der Waals surface area contributed by atoms with E-state index in [0.717, 1.165) is 11.3 Å². The molecule has 1 heterocycles. The zero-order chi connectivity index (χ0) is 17.8. The normalized spacial score (nSPS) is 16.8. The van der Waals surface area contributed by atoms with Gasteiger partial charge in [-0.15, -0.1) is 0 Å². The largest absolute Gasteiger partial charge is 0.489 e. The summed E-state index contributed by atoms with van der Waals surface area (Å²) in [6, 6.07) is 14.7. The highest BCUT2D eigenvalue weighted by molar-refractivity contribution is 6.31. The third-order valence-electron chi connectivity index (χ3n) is 4.16. The second-order valence-corrected chi connectivity index (χ2v) is 6.21. The molecule has 1 saturated heterocycles. The van der Waals surface area contributed by atoms with E-state index in [1.165, 1.54) is 7.11 Å². The number of benzene rings is 2. The fourth-order valence-electron chi connectivity index (χ4n) is 2.78. The lowest BCUT2D eigenvalue weighted by atomic mass is 10.1. The van der Waals surface area contributed by atoms with Crippen molar-refractivity contribution in [1.29, 1.82) is 0 Å². The number of hydrogen-bond donors (Lipinski definition) is 0. The Kier molecular flexibility index (Phi) is 5.24. The van der Waals surface area contributed by atoms with E-state index in [9.17, 15) is 9.59 Å². The average Bonchev–Trinajstić information content (AvgIpc) is 3.02. The highest BCUT2D eigenvalue weighted by atomic mass is 35.5. The van der Waals surface area contributed by atoms with Gasteiger partial charge >= 0.3 is 5.97 Å². The number of hydrogen-bond acceptors (Lipinski definition) is 4. The lowest BCUT2D eigenvalue weighted by molar-refractivity contribution is -0.145. The predicted octanol–water partition coefficient (Wildman–Crippen LogP) is 3.44. The number of esters is 1. The van der Waals surface area contributed by atoms with Crippen molar-refractivity contribution in [1.82, 2.24) is 0 Å². The smallest absolute Gasteiger partial charge is 0.311 e. The maximum absolute atomic E-state index is 12.1. The fourth-order valence-corrected chi connectivity index (χ4v) is 2.97. The quantitative estimate of drug-likeness (QED) is 0.767. The molecule has 0 unspecified atom stereocenters. The van der Waals surface area contributed by atoms with E-state index >= 15 is 0 Å². The number of carbonyl (C=O) groups is 2. The van der Waals surface area contributed by atoms with Gasteiger partial charge in [0, 0.05) is 29.2 Å². The minimum absolute atomic E-state index is 0.0832. The molecule has 1 aliphatic rings. The SMILES string of the molecule is COC(=O)[C@@H]1CC(=O)N(c2ccc(OCc3ccccc3Cl)cc2)C1. The number of rotatable bonds is 5. The van der Waals surface area contributed by atoms with Gasteiger partial charge in [-0.2, -0.15) is 0 Å². The van der Waals surface area contributed by atoms with Gasteiger partial charge < -0.3 is 14.4 Å². The number of anilines is 1. The molecule has 3 rings (SSSR count). The summed E-state index contributed by atoms with van der Waals surface area (Å²) in [7, 11) is 1.33. The van der Waals surface area contributed by atoms with Gasteiger partial charge in [0.05, 0.1) is 13.0 Å². The molecule has 6 heteroatoms. The van der Waals surface area contributed by atoms with Gasteiger partial charge in [-0.3, -0.25) is 9.59 Å². The molecule has 0 aliphatic carbocycles. The summed E-state index contributed by atoms with van der Waals surface area (Å²) in [5, 5.41) is 0.663. The van der Waals surface area contributed by atoms with Gasteiger partial charge in [-0.1, -0.05) is 29.8 Å². The minimum Gasteiger partial charge on any atom is -0.489 e. The number of nitrogens with zero attached hydrogens (tertiary/aromatic N) is 1. The van der Waals surface area contributed by atoms with E-state index in [4.69, 9.17) is 21.1 Å². The molecule has 1 atom stereocenters. The summed E-state index contributed by atoms with van der Waals surface area (Å²) >= 11 is 6.11. The fraction of sp³-hybridized carbons (Fsp3) is 0.263. The van der Waals surface area contributed by atoms with E-state index in [2.05, 4.69) is 0 Å².